The van der Waals surface area contributed by atoms with Crippen molar-refractivity contribution in [3.8, 4) is 0 Å². The molecule has 0 aliphatic carbocycles. The van der Waals surface area contributed by atoms with Crippen LogP contribution in [0.1, 0.15) is 31.6 Å². The summed E-state index contributed by atoms with van der Waals surface area (Å²) >= 11 is 3.25. The van der Waals surface area contributed by atoms with Crippen molar-refractivity contribution in [1.29, 1.82) is 0 Å². The van der Waals surface area contributed by atoms with Crippen LogP contribution in [0.3, 0.4) is 0 Å². The first-order valence-corrected chi connectivity index (χ1v) is 6.68. The van der Waals surface area contributed by atoms with E-state index < -0.39 is 25.0 Å². The molecule has 0 spiro atoms. The Morgan fingerprint density at radius 2 is 2.05 bits per heavy atom. The maximum Gasteiger partial charge on any atom is 0.330 e. The van der Waals surface area contributed by atoms with Crippen LogP contribution in [0.5, 0.6) is 0 Å². The van der Waals surface area contributed by atoms with Crippen LogP contribution in [0.15, 0.2) is 10.7 Å². The molecule has 0 fully saturated rings. The van der Waals surface area contributed by atoms with Gasteiger partial charge in [0.1, 0.15) is 6.61 Å². The van der Waals surface area contributed by atoms with Gasteiger partial charge in [0.25, 0.3) is 0 Å². The molecule has 9 heteroatoms. The first-order chi connectivity index (χ1) is 9.16. The Balaban J connectivity index is 2.64. The zero-order chi connectivity index (χ0) is 15.5. The Labute approximate surface area is 122 Å². The van der Waals surface area contributed by atoms with Gasteiger partial charge in [-0.25, -0.2) is 8.78 Å². The zero-order valence-electron chi connectivity index (χ0n) is 11.0. The average molecular weight is 362 g/mol. The molecule has 2 N–H and O–H groups in total. The normalized spacial score (nSPS) is 14.3. The van der Waals surface area contributed by atoms with Gasteiger partial charge < -0.3 is 10.5 Å². The molecular formula is C11H16BrF4N3O. The molecule has 1 atom stereocenters. The van der Waals surface area contributed by atoms with Crippen LogP contribution in [-0.4, -0.2) is 35.3 Å². The number of halogens is 5. The minimum absolute atomic E-state index is 0.0184. The first kappa shape index (κ1) is 17.4. The molecule has 0 aliphatic rings. The van der Waals surface area contributed by atoms with E-state index in [0.717, 1.165) is 0 Å². The largest absolute Gasteiger partial charge is 0.373 e. The van der Waals surface area contributed by atoms with Gasteiger partial charge in [0.15, 0.2) is 0 Å². The molecule has 0 bridgehead atoms. The van der Waals surface area contributed by atoms with Gasteiger partial charge in [-0.05, 0) is 29.8 Å². The van der Waals surface area contributed by atoms with E-state index in [1.807, 2.05) is 13.8 Å². The fourth-order valence-corrected chi connectivity index (χ4v) is 2.14. The van der Waals surface area contributed by atoms with E-state index in [2.05, 4.69) is 25.8 Å². The summed E-state index contributed by atoms with van der Waals surface area (Å²) in [6.07, 6.45) is -2.23. The lowest BCUT2D eigenvalue weighted by Gasteiger charge is -2.19. The second kappa shape index (κ2) is 6.86. The molecular weight excluding hydrogens is 346 g/mol. The SMILES string of the molecule is CC(C)n1ncc(Br)c1C(N)COCC(F)(F)C(F)F. The lowest BCUT2D eigenvalue weighted by molar-refractivity contribution is -0.166. The third-order valence-electron chi connectivity index (χ3n) is 2.54. The quantitative estimate of drug-likeness (QED) is 0.759. The summed E-state index contributed by atoms with van der Waals surface area (Å²) in [5, 5.41) is 4.09. The van der Waals surface area contributed by atoms with E-state index in [4.69, 9.17) is 5.73 Å². The number of ether oxygens (including phenoxy) is 1. The van der Waals surface area contributed by atoms with Crippen molar-refractivity contribution in [3.05, 3.63) is 16.4 Å². The molecule has 0 aromatic carbocycles. The number of hydrogen-bond donors (Lipinski definition) is 1. The minimum Gasteiger partial charge on any atom is -0.373 e. The average Bonchev–Trinajstić information content (AvgIpc) is 2.70. The highest BCUT2D eigenvalue weighted by molar-refractivity contribution is 9.10. The molecule has 0 saturated carbocycles. The second-order valence-electron chi connectivity index (χ2n) is 4.60. The van der Waals surface area contributed by atoms with Gasteiger partial charge in [0.2, 0.25) is 0 Å². The van der Waals surface area contributed by atoms with E-state index in [0.29, 0.717) is 10.2 Å². The number of rotatable bonds is 7. The topological polar surface area (TPSA) is 53.1 Å². The standard InChI is InChI=1S/C11H16BrF4N3O/c1-6(2)19-9(7(12)3-18-19)8(17)4-20-5-11(15,16)10(13)14/h3,6,8,10H,4-5,17H2,1-2H3. The number of nitrogens with two attached hydrogens (primary N) is 1. The highest BCUT2D eigenvalue weighted by Crippen LogP contribution is 2.26. The Morgan fingerprint density at radius 1 is 1.45 bits per heavy atom. The third kappa shape index (κ3) is 4.16. The van der Waals surface area contributed by atoms with Gasteiger partial charge >= 0.3 is 12.3 Å². The van der Waals surface area contributed by atoms with Crippen molar-refractivity contribution in [1.82, 2.24) is 9.78 Å². The van der Waals surface area contributed by atoms with Crippen molar-refractivity contribution in [2.45, 2.75) is 38.3 Å². The van der Waals surface area contributed by atoms with Crippen LogP contribution in [0.4, 0.5) is 17.6 Å². The number of hydrogen-bond acceptors (Lipinski definition) is 3. The molecule has 1 aromatic heterocycles. The second-order valence-corrected chi connectivity index (χ2v) is 5.45. The summed E-state index contributed by atoms with van der Waals surface area (Å²) < 4.78 is 56.1. The van der Waals surface area contributed by atoms with Gasteiger partial charge in [0.05, 0.1) is 29.0 Å². The van der Waals surface area contributed by atoms with E-state index in [9.17, 15) is 17.6 Å². The van der Waals surface area contributed by atoms with Gasteiger partial charge in [-0.1, -0.05) is 0 Å². The zero-order valence-corrected chi connectivity index (χ0v) is 12.6. The van der Waals surface area contributed by atoms with E-state index in [-0.39, 0.29) is 12.6 Å². The molecule has 1 aromatic rings. The lowest BCUT2D eigenvalue weighted by Crippen LogP contribution is -2.34. The van der Waals surface area contributed by atoms with Crippen molar-refractivity contribution in [2.75, 3.05) is 13.2 Å². The molecule has 20 heavy (non-hydrogen) atoms. The van der Waals surface area contributed by atoms with Crippen LogP contribution in [-0.2, 0) is 4.74 Å². The van der Waals surface area contributed by atoms with Crippen molar-refractivity contribution in [3.63, 3.8) is 0 Å². The number of nitrogens with zero attached hydrogens (tertiary/aromatic N) is 2. The molecule has 1 heterocycles. The molecule has 0 saturated heterocycles. The van der Waals surface area contributed by atoms with Gasteiger partial charge in [0, 0.05) is 6.04 Å². The van der Waals surface area contributed by atoms with Crippen LogP contribution >= 0.6 is 15.9 Å². The Kier molecular flexibility index (Phi) is 5.96. The van der Waals surface area contributed by atoms with Crippen LogP contribution in [0, 0.1) is 0 Å². The van der Waals surface area contributed by atoms with Crippen molar-refractivity contribution >= 4 is 15.9 Å². The van der Waals surface area contributed by atoms with E-state index in [1.165, 1.54) is 6.20 Å². The fourth-order valence-electron chi connectivity index (χ4n) is 1.57. The maximum absolute atomic E-state index is 12.7. The molecule has 1 unspecified atom stereocenters. The smallest absolute Gasteiger partial charge is 0.330 e. The highest BCUT2D eigenvalue weighted by Gasteiger charge is 2.41. The minimum atomic E-state index is -4.17. The Morgan fingerprint density at radius 3 is 2.55 bits per heavy atom. The summed E-state index contributed by atoms with van der Waals surface area (Å²) in [4.78, 5) is 0. The van der Waals surface area contributed by atoms with Crippen molar-refractivity contribution in [2.24, 2.45) is 5.73 Å². The summed E-state index contributed by atoms with van der Waals surface area (Å²) in [5.41, 5.74) is 6.41. The Hall–Kier alpha value is -0.670. The molecule has 1 rings (SSSR count). The van der Waals surface area contributed by atoms with Gasteiger partial charge in [-0.3, -0.25) is 4.68 Å². The number of aromatic nitrogens is 2. The van der Waals surface area contributed by atoms with Gasteiger partial charge in [-0.2, -0.15) is 13.9 Å². The van der Waals surface area contributed by atoms with Crippen LogP contribution in [0.2, 0.25) is 0 Å². The molecule has 0 amide bonds. The summed E-state index contributed by atoms with van der Waals surface area (Å²) in [6, 6.07) is -0.729. The summed E-state index contributed by atoms with van der Waals surface area (Å²) in [7, 11) is 0. The fraction of sp³-hybridized carbons (Fsp3) is 0.727. The molecule has 0 radical (unpaired) electrons. The lowest BCUT2D eigenvalue weighted by atomic mass is 10.2. The molecule has 116 valence electrons. The van der Waals surface area contributed by atoms with Crippen molar-refractivity contribution < 1.29 is 22.3 Å². The molecule has 0 aliphatic heterocycles. The number of alkyl halides is 4. The first-order valence-electron chi connectivity index (χ1n) is 5.89. The predicted molar refractivity (Wildman–Crippen MR) is 69.0 cm³/mol. The van der Waals surface area contributed by atoms with E-state index in [1.54, 1.807) is 4.68 Å². The molecule has 4 nitrogen and oxygen atoms in total. The van der Waals surface area contributed by atoms with Crippen LogP contribution in [0.25, 0.3) is 0 Å². The third-order valence-corrected chi connectivity index (χ3v) is 3.15. The maximum atomic E-state index is 12.7. The summed E-state index contributed by atoms with van der Waals surface area (Å²) in [5.74, 6) is -4.17. The Bertz CT molecular complexity index is 439. The predicted octanol–water partition coefficient (Wildman–Crippen LogP) is 3.14. The highest BCUT2D eigenvalue weighted by atomic mass is 79.9. The summed E-state index contributed by atoms with van der Waals surface area (Å²) in [6.45, 7) is 2.08. The monoisotopic (exact) mass is 361 g/mol. The van der Waals surface area contributed by atoms with Crippen LogP contribution < -0.4 is 5.73 Å². The van der Waals surface area contributed by atoms with Gasteiger partial charge in [-0.15, -0.1) is 0 Å². The van der Waals surface area contributed by atoms with E-state index >= 15 is 0 Å².